The molecule has 0 bridgehead atoms. The van der Waals surface area contributed by atoms with E-state index in [4.69, 9.17) is 4.74 Å². The quantitative estimate of drug-likeness (QED) is 0.709. The van der Waals surface area contributed by atoms with Crippen LogP contribution in [0.1, 0.15) is 18.9 Å². The molecule has 23 heavy (non-hydrogen) atoms. The SMILES string of the molecule is CCCNc1nnc(SCC(=O)Nc2cc(C)ccc2OC)s1. The molecule has 1 amide bonds. The number of thioether (sulfide) groups is 1. The van der Waals surface area contributed by atoms with E-state index < -0.39 is 0 Å². The van der Waals surface area contributed by atoms with Gasteiger partial charge in [-0.15, -0.1) is 10.2 Å². The van der Waals surface area contributed by atoms with E-state index in [1.165, 1.54) is 23.1 Å². The van der Waals surface area contributed by atoms with E-state index in [0.29, 0.717) is 11.4 Å². The Hall–Kier alpha value is -1.80. The Balaban J connectivity index is 1.88. The number of rotatable bonds is 8. The third-order valence-electron chi connectivity index (χ3n) is 2.89. The Labute approximate surface area is 144 Å². The zero-order valence-electron chi connectivity index (χ0n) is 13.4. The van der Waals surface area contributed by atoms with Crippen molar-refractivity contribution in [1.82, 2.24) is 10.2 Å². The van der Waals surface area contributed by atoms with Gasteiger partial charge in [-0.25, -0.2) is 0 Å². The smallest absolute Gasteiger partial charge is 0.234 e. The highest BCUT2D eigenvalue weighted by atomic mass is 32.2. The van der Waals surface area contributed by atoms with Crippen LogP contribution < -0.4 is 15.4 Å². The second-order valence-corrected chi connectivity index (χ2v) is 7.04. The number of carbonyl (C=O) groups excluding carboxylic acids is 1. The summed E-state index contributed by atoms with van der Waals surface area (Å²) in [5.74, 6) is 0.826. The van der Waals surface area contributed by atoms with Crippen molar-refractivity contribution in [2.75, 3.05) is 30.0 Å². The number of nitrogens with one attached hydrogen (secondary N) is 2. The summed E-state index contributed by atoms with van der Waals surface area (Å²) in [6.45, 7) is 4.93. The fourth-order valence-corrected chi connectivity index (χ4v) is 3.38. The first-order valence-electron chi connectivity index (χ1n) is 7.27. The van der Waals surface area contributed by atoms with E-state index in [1.807, 2.05) is 25.1 Å². The van der Waals surface area contributed by atoms with Gasteiger partial charge in [0.15, 0.2) is 4.34 Å². The van der Waals surface area contributed by atoms with E-state index >= 15 is 0 Å². The predicted molar refractivity (Wildman–Crippen MR) is 95.8 cm³/mol. The molecule has 1 aromatic carbocycles. The number of aryl methyl sites for hydroxylation is 1. The van der Waals surface area contributed by atoms with E-state index in [9.17, 15) is 4.79 Å². The van der Waals surface area contributed by atoms with Crippen LogP contribution in [0.3, 0.4) is 0 Å². The highest BCUT2D eigenvalue weighted by Gasteiger charge is 2.10. The lowest BCUT2D eigenvalue weighted by molar-refractivity contribution is -0.113. The molecule has 8 heteroatoms. The Morgan fingerprint density at radius 3 is 2.96 bits per heavy atom. The summed E-state index contributed by atoms with van der Waals surface area (Å²) >= 11 is 2.83. The van der Waals surface area contributed by atoms with Crippen molar-refractivity contribution >= 4 is 39.8 Å². The van der Waals surface area contributed by atoms with Crippen molar-refractivity contribution in [2.45, 2.75) is 24.6 Å². The largest absolute Gasteiger partial charge is 0.495 e. The topological polar surface area (TPSA) is 76.1 Å². The van der Waals surface area contributed by atoms with Gasteiger partial charge in [-0.3, -0.25) is 4.79 Å². The summed E-state index contributed by atoms with van der Waals surface area (Å²) in [5, 5.41) is 14.9. The molecule has 1 aromatic heterocycles. The number of carbonyl (C=O) groups is 1. The summed E-state index contributed by atoms with van der Waals surface area (Å²) in [4.78, 5) is 12.1. The van der Waals surface area contributed by atoms with Gasteiger partial charge in [0.25, 0.3) is 0 Å². The van der Waals surface area contributed by atoms with Gasteiger partial charge in [0.2, 0.25) is 11.0 Å². The van der Waals surface area contributed by atoms with Crippen LogP contribution in [-0.2, 0) is 4.79 Å². The summed E-state index contributed by atoms with van der Waals surface area (Å²) < 4.78 is 6.03. The Morgan fingerprint density at radius 1 is 1.39 bits per heavy atom. The molecule has 0 atom stereocenters. The van der Waals surface area contributed by atoms with Crippen LogP contribution in [0.4, 0.5) is 10.8 Å². The molecule has 2 rings (SSSR count). The summed E-state index contributed by atoms with van der Waals surface area (Å²) in [6.07, 6.45) is 1.03. The molecule has 6 nitrogen and oxygen atoms in total. The number of aromatic nitrogens is 2. The van der Waals surface area contributed by atoms with Crippen LogP contribution in [0.5, 0.6) is 5.75 Å². The Morgan fingerprint density at radius 2 is 2.22 bits per heavy atom. The van der Waals surface area contributed by atoms with E-state index in [2.05, 4.69) is 27.8 Å². The fraction of sp³-hybridized carbons (Fsp3) is 0.400. The predicted octanol–water partition coefficient (Wildman–Crippen LogP) is 3.41. The molecule has 0 fully saturated rings. The van der Waals surface area contributed by atoms with E-state index in [-0.39, 0.29) is 11.7 Å². The number of anilines is 2. The third kappa shape index (κ3) is 5.40. The number of benzene rings is 1. The van der Waals surface area contributed by atoms with Crippen LogP contribution in [0.25, 0.3) is 0 Å². The van der Waals surface area contributed by atoms with Gasteiger partial charge in [-0.2, -0.15) is 0 Å². The lowest BCUT2D eigenvalue weighted by Gasteiger charge is -2.10. The van der Waals surface area contributed by atoms with Crippen molar-refractivity contribution in [3.8, 4) is 5.75 Å². The van der Waals surface area contributed by atoms with Crippen molar-refractivity contribution in [1.29, 1.82) is 0 Å². The molecule has 1 heterocycles. The molecule has 0 radical (unpaired) electrons. The summed E-state index contributed by atoms with van der Waals surface area (Å²) in [6, 6.07) is 5.67. The number of hydrogen-bond acceptors (Lipinski definition) is 7. The van der Waals surface area contributed by atoms with Crippen molar-refractivity contribution in [2.24, 2.45) is 0 Å². The highest BCUT2D eigenvalue weighted by molar-refractivity contribution is 8.01. The Bertz CT molecular complexity index is 661. The minimum Gasteiger partial charge on any atom is -0.495 e. The molecule has 0 saturated heterocycles. The van der Waals surface area contributed by atoms with Crippen LogP contribution in [0, 0.1) is 6.92 Å². The average molecular weight is 352 g/mol. The van der Waals surface area contributed by atoms with E-state index in [1.54, 1.807) is 7.11 Å². The molecular formula is C15H20N4O2S2. The maximum absolute atomic E-state index is 12.1. The van der Waals surface area contributed by atoms with Gasteiger partial charge in [0.05, 0.1) is 18.6 Å². The lowest BCUT2D eigenvalue weighted by Crippen LogP contribution is -2.14. The standard InChI is InChI=1S/C15H20N4O2S2/c1-4-7-16-14-18-19-15(23-14)22-9-13(20)17-11-8-10(2)5-6-12(11)21-3/h5-6,8H,4,7,9H2,1-3H3,(H,16,18)(H,17,20). The van der Waals surface area contributed by atoms with Crippen LogP contribution in [0.2, 0.25) is 0 Å². The molecule has 124 valence electrons. The van der Waals surface area contributed by atoms with Crippen LogP contribution in [-0.4, -0.2) is 35.5 Å². The molecule has 0 unspecified atom stereocenters. The van der Waals surface area contributed by atoms with Crippen LogP contribution >= 0.6 is 23.1 Å². The fourth-order valence-electron chi connectivity index (χ4n) is 1.80. The number of amides is 1. The summed E-state index contributed by atoms with van der Waals surface area (Å²) in [7, 11) is 1.58. The molecule has 0 aliphatic rings. The van der Waals surface area contributed by atoms with Gasteiger partial charge in [0, 0.05) is 6.54 Å². The lowest BCUT2D eigenvalue weighted by atomic mass is 10.2. The zero-order chi connectivity index (χ0) is 16.7. The molecule has 0 aliphatic carbocycles. The zero-order valence-corrected chi connectivity index (χ0v) is 15.0. The second kappa shape index (κ2) is 8.73. The second-order valence-electron chi connectivity index (χ2n) is 4.84. The first kappa shape index (κ1) is 17.6. The minimum atomic E-state index is -0.0998. The molecule has 0 saturated carbocycles. The Kier molecular flexibility index (Phi) is 6.66. The number of nitrogens with zero attached hydrogens (tertiary/aromatic N) is 2. The third-order valence-corrected chi connectivity index (χ3v) is 4.90. The maximum Gasteiger partial charge on any atom is 0.234 e. The monoisotopic (exact) mass is 352 g/mol. The molecular weight excluding hydrogens is 332 g/mol. The number of methoxy groups -OCH3 is 1. The van der Waals surface area contributed by atoms with Gasteiger partial charge in [0.1, 0.15) is 5.75 Å². The van der Waals surface area contributed by atoms with Crippen molar-refractivity contribution < 1.29 is 9.53 Å². The van der Waals surface area contributed by atoms with E-state index in [0.717, 1.165) is 28.0 Å². The first-order chi connectivity index (χ1) is 11.1. The molecule has 2 N–H and O–H groups in total. The molecule has 0 spiro atoms. The van der Waals surface area contributed by atoms with Gasteiger partial charge >= 0.3 is 0 Å². The van der Waals surface area contributed by atoms with Crippen LogP contribution in [0.15, 0.2) is 22.5 Å². The highest BCUT2D eigenvalue weighted by Crippen LogP contribution is 2.27. The molecule has 0 aliphatic heterocycles. The van der Waals surface area contributed by atoms with Crippen molar-refractivity contribution in [3.63, 3.8) is 0 Å². The average Bonchev–Trinajstić information content (AvgIpc) is 2.99. The maximum atomic E-state index is 12.1. The van der Waals surface area contributed by atoms with Crippen molar-refractivity contribution in [3.05, 3.63) is 23.8 Å². The first-order valence-corrected chi connectivity index (χ1v) is 9.07. The molecule has 2 aromatic rings. The number of hydrogen-bond donors (Lipinski definition) is 2. The summed E-state index contributed by atoms with van der Waals surface area (Å²) in [5.41, 5.74) is 1.74. The van der Waals surface area contributed by atoms with Gasteiger partial charge in [-0.05, 0) is 31.0 Å². The van der Waals surface area contributed by atoms with Gasteiger partial charge < -0.3 is 15.4 Å². The minimum absolute atomic E-state index is 0.0998. The number of ether oxygens (including phenoxy) is 1. The van der Waals surface area contributed by atoms with Gasteiger partial charge in [-0.1, -0.05) is 36.1 Å². The normalized spacial score (nSPS) is 10.4.